The molecule has 0 rings (SSSR count). The average Bonchev–Trinajstić information content (AvgIpc) is 2.59. The van der Waals surface area contributed by atoms with Crippen molar-refractivity contribution in [1.82, 2.24) is 0 Å². The first-order valence-electron chi connectivity index (χ1n) is 11.7. The molecule has 0 aromatic carbocycles. The van der Waals surface area contributed by atoms with Crippen molar-refractivity contribution in [2.45, 2.75) is 137 Å². The van der Waals surface area contributed by atoms with Crippen molar-refractivity contribution >= 4 is 0 Å². The fraction of sp³-hybridized carbons (Fsp3) is 0.920. The van der Waals surface area contributed by atoms with Gasteiger partial charge in [0.2, 0.25) is 0 Å². The maximum absolute atomic E-state index is 6.00. The van der Waals surface area contributed by atoms with E-state index in [0.29, 0.717) is 5.41 Å². The third kappa shape index (κ3) is 25.0. The molecule has 0 amide bonds. The van der Waals surface area contributed by atoms with Crippen LogP contribution in [-0.2, 0) is 4.74 Å². The first-order valence-corrected chi connectivity index (χ1v) is 11.7. The first-order chi connectivity index (χ1) is 12.5. The van der Waals surface area contributed by atoms with Crippen molar-refractivity contribution in [3.63, 3.8) is 0 Å². The zero-order valence-electron chi connectivity index (χ0n) is 19.3. The molecule has 0 aliphatic carbocycles. The number of hydrogen-bond acceptors (Lipinski definition) is 1. The van der Waals surface area contributed by atoms with Crippen LogP contribution in [0.3, 0.4) is 0 Å². The van der Waals surface area contributed by atoms with E-state index in [1.54, 1.807) is 0 Å². The van der Waals surface area contributed by atoms with Gasteiger partial charge in [-0.25, -0.2) is 0 Å². The Morgan fingerprint density at radius 2 is 1.22 bits per heavy atom. The second-order valence-electron chi connectivity index (χ2n) is 9.34. The molecule has 0 radical (unpaired) electrons. The summed E-state index contributed by atoms with van der Waals surface area (Å²) in [5.74, 6) is 0. The minimum absolute atomic E-state index is 0. The first kappa shape index (κ1) is 30.3. The molecule has 0 fully saturated rings. The van der Waals surface area contributed by atoms with Gasteiger partial charge in [-0.15, -0.1) is 6.58 Å². The van der Waals surface area contributed by atoms with Crippen LogP contribution in [0.25, 0.3) is 0 Å². The van der Waals surface area contributed by atoms with Gasteiger partial charge < -0.3 is 4.74 Å². The van der Waals surface area contributed by atoms with Gasteiger partial charge in [-0.3, -0.25) is 0 Å². The van der Waals surface area contributed by atoms with Crippen LogP contribution >= 0.6 is 0 Å². The molecule has 0 aromatic heterocycles. The molecule has 1 unspecified atom stereocenters. The van der Waals surface area contributed by atoms with E-state index in [-0.39, 0.29) is 47.9 Å². The van der Waals surface area contributed by atoms with E-state index in [4.69, 9.17) is 4.74 Å². The molecule has 0 aliphatic rings. The molecule has 0 spiro atoms. The third-order valence-corrected chi connectivity index (χ3v) is 5.26. The molecule has 0 heterocycles. The summed E-state index contributed by atoms with van der Waals surface area (Å²) in [6.45, 7) is 14.2. The molecule has 27 heavy (non-hydrogen) atoms. The average molecular weight is 507 g/mol. The standard InChI is InChI=1S/C25H50O.Ce/c1-6-8-9-10-12-15-18-21-24(7-2)26-23-20-17-14-11-13-16-19-22-25(3,4)5;/h7,24H,2,6,8-23H2,1,3-5H3;. The Morgan fingerprint density at radius 1 is 0.741 bits per heavy atom. The van der Waals surface area contributed by atoms with E-state index in [1.165, 1.54) is 96.3 Å². The van der Waals surface area contributed by atoms with Crippen molar-refractivity contribution < 1.29 is 46.5 Å². The Morgan fingerprint density at radius 3 is 1.74 bits per heavy atom. The Hall–Kier alpha value is 1.08. The van der Waals surface area contributed by atoms with Gasteiger partial charge in [-0.1, -0.05) is 117 Å². The zero-order chi connectivity index (χ0) is 19.5. The Kier molecular flexibility index (Phi) is 24.4. The van der Waals surface area contributed by atoms with Crippen LogP contribution in [-0.4, -0.2) is 12.7 Å². The summed E-state index contributed by atoms with van der Waals surface area (Å²) in [5.41, 5.74) is 0.508. The van der Waals surface area contributed by atoms with Crippen molar-refractivity contribution in [2.24, 2.45) is 5.41 Å². The quantitative estimate of drug-likeness (QED) is 0.126. The fourth-order valence-corrected chi connectivity index (χ4v) is 3.45. The summed E-state index contributed by atoms with van der Waals surface area (Å²) in [7, 11) is 0. The zero-order valence-corrected chi connectivity index (χ0v) is 22.4. The third-order valence-electron chi connectivity index (χ3n) is 5.26. The molecular formula is C25H50CeO. The summed E-state index contributed by atoms with van der Waals surface area (Å²) in [6, 6.07) is 0. The predicted octanol–water partition coefficient (Wildman–Crippen LogP) is 8.87. The van der Waals surface area contributed by atoms with E-state index in [1.807, 2.05) is 6.08 Å². The van der Waals surface area contributed by atoms with Gasteiger partial charge in [-0.2, -0.15) is 0 Å². The normalized spacial score (nSPS) is 12.6. The van der Waals surface area contributed by atoms with E-state index in [9.17, 15) is 0 Å². The summed E-state index contributed by atoms with van der Waals surface area (Å²) in [4.78, 5) is 0. The van der Waals surface area contributed by atoms with Gasteiger partial charge in [0.05, 0.1) is 6.10 Å². The summed E-state index contributed by atoms with van der Waals surface area (Å²) in [5, 5.41) is 0. The van der Waals surface area contributed by atoms with Crippen molar-refractivity contribution in [2.75, 3.05) is 6.61 Å². The number of hydrogen-bond donors (Lipinski definition) is 0. The molecule has 0 aliphatic heterocycles. The molecule has 1 nitrogen and oxygen atoms in total. The van der Waals surface area contributed by atoms with Gasteiger partial charge in [0.15, 0.2) is 0 Å². The topological polar surface area (TPSA) is 9.23 Å². The van der Waals surface area contributed by atoms with Crippen LogP contribution in [0.4, 0.5) is 0 Å². The van der Waals surface area contributed by atoms with Crippen LogP contribution in [0.1, 0.15) is 130 Å². The second-order valence-corrected chi connectivity index (χ2v) is 9.34. The smallest absolute Gasteiger partial charge is 0.0753 e. The van der Waals surface area contributed by atoms with Crippen LogP contribution < -0.4 is 0 Å². The van der Waals surface area contributed by atoms with Crippen LogP contribution in [0.5, 0.6) is 0 Å². The molecule has 0 saturated carbocycles. The largest absolute Gasteiger partial charge is 0.374 e. The Labute approximate surface area is 206 Å². The van der Waals surface area contributed by atoms with Crippen LogP contribution in [0, 0.1) is 47.2 Å². The fourth-order valence-electron chi connectivity index (χ4n) is 3.45. The molecule has 0 N–H and O–H groups in total. The number of rotatable bonds is 19. The van der Waals surface area contributed by atoms with Crippen molar-refractivity contribution in [3.05, 3.63) is 12.7 Å². The number of ether oxygens (including phenoxy) is 1. The number of unbranched alkanes of at least 4 members (excludes halogenated alkanes) is 12. The molecule has 0 saturated heterocycles. The summed E-state index contributed by atoms with van der Waals surface area (Å²) >= 11 is 0. The monoisotopic (exact) mass is 506 g/mol. The SMILES string of the molecule is C=CC(CCCCCCCCC)OCCCCCCCCCC(C)(C)C.[Ce]. The predicted molar refractivity (Wildman–Crippen MR) is 119 cm³/mol. The molecule has 0 aromatic rings. The minimum atomic E-state index is 0. The van der Waals surface area contributed by atoms with Crippen LogP contribution in [0.2, 0.25) is 0 Å². The second kappa shape index (κ2) is 21.8. The summed E-state index contributed by atoms with van der Waals surface area (Å²) < 4.78 is 6.00. The van der Waals surface area contributed by atoms with Crippen molar-refractivity contribution in [1.29, 1.82) is 0 Å². The maximum Gasteiger partial charge on any atom is 0.0753 e. The van der Waals surface area contributed by atoms with Gasteiger partial charge >= 0.3 is 0 Å². The molecular weight excluding hydrogens is 456 g/mol. The Balaban J connectivity index is 0. The van der Waals surface area contributed by atoms with E-state index < -0.39 is 0 Å². The van der Waals surface area contributed by atoms with Gasteiger partial charge in [-0.05, 0) is 24.7 Å². The maximum atomic E-state index is 6.00. The minimum Gasteiger partial charge on any atom is -0.374 e. The van der Waals surface area contributed by atoms with Gasteiger partial charge in [0, 0.05) is 48.4 Å². The van der Waals surface area contributed by atoms with Gasteiger partial charge in [0.25, 0.3) is 0 Å². The molecule has 160 valence electrons. The molecule has 2 heteroatoms. The Bertz CT molecular complexity index is 295. The van der Waals surface area contributed by atoms with E-state index in [2.05, 4.69) is 34.3 Å². The summed E-state index contributed by atoms with van der Waals surface area (Å²) in [6.07, 6.45) is 23.9. The molecule has 1 atom stereocenters. The van der Waals surface area contributed by atoms with E-state index >= 15 is 0 Å². The van der Waals surface area contributed by atoms with Gasteiger partial charge in [0.1, 0.15) is 0 Å². The molecule has 0 bridgehead atoms. The van der Waals surface area contributed by atoms with Crippen molar-refractivity contribution in [3.8, 4) is 0 Å². The van der Waals surface area contributed by atoms with E-state index in [0.717, 1.165) is 13.0 Å². The van der Waals surface area contributed by atoms with Crippen LogP contribution in [0.15, 0.2) is 12.7 Å².